The van der Waals surface area contributed by atoms with Gasteiger partial charge in [-0.3, -0.25) is 0 Å². The minimum Gasteiger partial charge on any atom is -0.323 e. The van der Waals surface area contributed by atoms with Gasteiger partial charge in [0, 0.05) is 17.0 Å². The van der Waals surface area contributed by atoms with Crippen molar-refractivity contribution in [3.63, 3.8) is 0 Å². The first-order valence-electron chi connectivity index (χ1n) is 6.36. The number of aryl methyl sites for hydroxylation is 2. The fraction of sp³-hybridized carbons (Fsp3) is 0.600. The Hall–Kier alpha value is -0.470. The maximum Gasteiger partial charge on any atom is 0.0386 e. The lowest BCUT2D eigenvalue weighted by atomic mass is 10.0. The molecule has 2 atom stereocenters. The molecule has 0 heterocycles. The van der Waals surface area contributed by atoms with E-state index in [0.717, 1.165) is 5.75 Å². The van der Waals surface area contributed by atoms with Gasteiger partial charge >= 0.3 is 0 Å². The van der Waals surface area contributed by atoms with Crippen LogP contribution in [0.5, 0.6) is 0 Å². The van der Waals surface area contributed by atoms with E-state index in [0.29, 0.717) is 11.2 Å². The van der Waals surface area contributed by atoms with Crippen LogP contribution in [0.2, 0.25) is 0 Å². The summed E-state index contributed by atoms with van der Waals surface area (Å²) in [5.41, 5.74) is 10.2. The molecule has 0 amide bonds. The van der Waals surface area contributed by atoms with Crippen LogP contribution in [0.3, 0.4) is 0 Å². The zero-order valence-corrected chi connectivity index (χ0v) is 12.5. The minimum absolute atomic E-state index is 0.153. The molecular weight excluding hydrogens is 226 g/mol. The lowest BCUT2D eigenvalue weighted by molar-refractivity contribution is 0.640. The molecule has 1 nitrogen and oxygen atoms in total. The third-order valence-corrected chi connectivity index (χ3v) is 5.06. The Balaban J connectivity index is 2.58. The first-order valence-corrected chi connectivity index (χ1v) is 7.41. The monoisotopic (exact) mass is 251 g/mol. The van der Waals surface area contributed by atoms with E-state index in [2.05, 4.69) is 52.8 Å². The third kappa shape index (κ3) is 4.36. The van der Waals surface area contributed by atoms with Crippen molar-refractivity contribution in [3.05, 3.63) is 34.9 Å². The number of hydrogen-bond acceptors (Lipinski definition) is 2. The summed E-state index contributed by atoms with van der Waals surface area (Å²) in [6.45, 7) is 11.1. The highest BCUT2D eigenvalue weighted by Gasteiger charge is 2.12. The molecule has 0 aliphatic carbocycles. The molecule has 96 valence electrons. The van der Waals surface area contributed by atoms with Crippen LogP contribution in [-0.4, -0.2) is 11.0 Å². The first-order chi connectivity index (χ1) is 7.91. The molecule has 0 aliphatic rings. The summed E-state index contributed by atoms with van der Waals surface area (Å²) < 4.78 is 0. The number of nitrogens with two attached hydrogens (primary N) is 1. The highest BCUT2D eigenvalue weighted by molar-refractivity contribution is 7.99. The van der Waals surface area contributed by atoms with Gasteiger partial charge in [-0.2, -0.15) is 11.8 Å². The molecule has 0 bridgehead atoms. The molecule has 0 aromatic heterocycles. The lowest BCUT2D eigenvalue weighted by Crippen LogP contribution is -2.16. The van der Waals surface area contributed by atoms with Gasteiger partial charge < -0.3 is 5.73 Å². The van der Waals surface area contributed by atoms with Gasteiger partial charge in [-0.1, -0.05) is 39.0 Å². The van der Waals surface area contributed by atoms with Crippen molar-refractivity contribution in [2.24, 2.45) is 11.7 Å². The fourth-order valence-electron chi connectivity index (χ4n) is 1.54. The van der Waals surface area contributed by atoms with Crippen LogP contribution in [0.1, 0.15) is 43.5 Å². The minimum atomic E-state index is 0.153. The highest BCUT2D eigenvalue weighted by Crippen LogP contribution is 2.24. The second kappa shape index (κ2) is 6.46. The standard InChI is InChI=1S/C15H25NS/c1-10(2)13(5)17-9-15(16)14-7-6-11(3)12(4)8-14/h6-8,10,13,15H,9,16H2,1-5H3. The molecule has 0 fully saturated rings. The predicted octanol–water partition coefficient (Wildman–Crippen LogP) is 4.08. The van der Waals surface area contributed by atoms with Crippen molar-refractivity contribution in [1.82, 2.24) is 0 Å². The summed E-state index contributed by atoms with van der Waals surface area (Å²) in [6, 6.07) is 6.70. The van der Waals surface area contributed by atoms with Crippen LogP contribution in [-0.2, 0) is 0 Å². The third-order valence-electron chi connectivity index (χ3n) is 3.44. The Kier molecular flexibility index (Phi) is 5.54. The van der Waals surface area contributed by atoms with Gasteiger partial charge in [0.25, 0.3) is 0 Å². The number of rotatable bonds is 5. The van der Waals surface area contributed by atoms with E-state index in [1.54, 1.807) is 0 Å². The van der Waals surface area contributed by atoms with E-state index in [9.17, 15) is 0 Å². The van der Waals surface area contributed by atoms with Crippen molar-refractivity contribution in [2.45, 2.75) is 45.9 Å². The second-order valence-electron chi connectivity index (χ2n) is 5.23. The van der Waals surface area contributed by atoms with Crippen LogP contribution >= 0.6 is 11.8 Å². The molecule has 1 rings (SSSR count). The van der Waals surface area contributed by atoms with Crippen molar-refractivity contribution >= 4 is 11.8 Å². The molecule has 2 N–H and O–H groups in total. The molecule has 1 aromatic carbocycles. The Morgan fingerprint density at radius 1 is 1.12 bits per heavy atom. The summed E-state index contributed by atoms with van der Waals surface area (Å²) in [7, 11) is 0. The van der Waals surface area contributed by atoms with Gasteiger partial charge in [-0.25, -0.2) is 0 Å². The van der Waals surface area contributed by atoms with Gasteiger partial charge in [0.1, 0.15) is 0 Å². The molecule has 0 saturated heterocycles. The molecule has 2 heteroatoms. The smallest absolute Gasteiger partial charge is 0.0386 e. The summed E-state index contributed by atoms with van der Waals surface area (Å²) in [5, 5.41) is 0.674. The molecule has 0 spiro atoms. The van der Waals surface area contributed by atoms with Crippen molar-refractivity contribution in [3.8, 4) is 0 Å². The average Bonchev–Trinajstić information content (AvgIpc) is 2.28. The van der Waals surface area contributed by atoms with Crippen LogP contribution in [0.25, 0.3) is 0 Å². The Bertz CT molecular complexity index is 360. The molecule has 0 saturated carbocycles. The van der Waals surface area contributed by atoms with Crippen LogP contribution < -0.4 is 5.73 Å². The van der Waals surface area contributed by atoms with Crippen molar-refractivity contribution in [2.75, 3.05) is 5.75 Å². The maximum absolute atomic E-state index is 6.24. The van der Waals surface area contributed by atoms with E-state index < -0.39 is 0 Å². The van der Waals surface area contributed by atoms with Gasteiger partial charge in [-0.05, 0) is 36.5 Å². The van der Waals surface area contributed by atoms with E-state index in [1.807, 2.05) is 11.8 Å². The number of hydrogen-bond donors (Lipinski definition) is 1. The van der Waals surface area contributed by atoms with Crippen molar-refractivity contribution in [1.29, 1.82) is 0 Å². The normalized spacial score (nSPS) is 15.0. The maximum atomic E-state index is 6.24. The molecule has 0 radical (unpaired) electrons. The predicted molar refractivity (Wildman–Crippen MR) is 79.6 cm³/mol. The zero-order chi connectivity index (χ0) is 13.0. The van der Waals surface area contributed by atoms with Crippen LogP contribution in [0.4, 0.5) is 0 Å². The van der Waals surface area contributed by atoms with Crippen LogP contribution in [0, 0.1) is 19.8 Å². The Morgan fingerprint density at radius 2 is 1.76 bits per heavy atom. The summed E-state index contributed by atoms with van der Waals surface area (Å²) >= 11 is 1.97. The van der Waals surface area contributed by atoms with Crippen LogP contribution in [0.15, 0.2) is 18.2 Å². The fourth-order valence-corrected chi connectivity index (χ4v) is 2.63. The van der Waals surface area contributed by atoms with E-state index >= 15 is 0 Å². The SMILES string of the molecule is Cc1ccc(C(N)CSC(C)C(C)C)cc1C. The average molecular weight is 251 g/mol. The number of benzene rings is 1. The molecular formula is C15H25NS. The molecule has 17 heavy (non-hydrogen) atoms. The Labute approximate surface area is 110 Å². The van der Waals surface area contributed by atoms with Gasteiger partial charge in [0.05, 0.1) is 0 Å². The highest BCUT2D eigenvalue weighted by atomic mass is 32.2. The summed E-state index contributed by atoms with van der Waals surface area (Å²) in [5.74, 6) is 1.72. The topological polar surface area (TPSA) is 26.0 Å². The van der Waals surface area contributed by atoms with E-state index in [-0.39, 0.29) is 6.04 Å². The first kappa shape index (κ1) is 14.6. The van der Waals surface area contributed by atoms with Crippen molar-refractivity contribution < 1.29 is 0 Å². The number of thioether (sulfide) groups is 1. The van der Waals surface area contributed by atoms with Gasteiger partial charge in [0.15, 0.2) is 0 Å². The van der Waals surface area contributed by atoms with E-state index in [4.69, 9.17) is 5.73 Å². The van der Waals surface area contributed by atoms with E-state index in [1.165, 1.54) is 16.7 Å². The second-order valence-corrected chi connectivity index (χ2v) is 6.64. The van der Waals surface area contributed by atoms with Gasteiger partial charge in [0.2, 0.25) is 0 Å². The molecule has 1 aromatic rings. The largest absolute Gasteiger partial charge is 0.323 e. The summed E-state index contributed by atoms with van der Waals surface area (Å²) in [4.78, 5) is 0. The lowest BCUT2D eigenvalue weighted by Gasteiger charge is -2.19. The summed E-state index contributed by atoms with van der Waals surface area (Å²) in [6.07, 6.45) is 0. The molecule has 0 aliphatic heterocycles. The van der Waals surface area contributed by atoms with Gasteiger partial charge in [-0.15, -0.1) is 0 Å². The molecule has 2 unspecified atom stereocenters. The zero-order valence-electron chi connectivity index (χ0n) is 11.7. The quantitative estimate of drug-likeness (QED) is 0.853. The Morgan fingerprint density at radius 3 is 2.29 bits per heavy atom.